The standard InChI is InChI=1S/C10H9N3O2/c14-8-5-9(15)13-7-4-2-1-3-6(7)11-10(13)12-8/h1-3,7H,4-5H2,(H,11,12,14). The summed E-state index contributed by atoms with van der Waals surface area (Å²) >= 11 is 0. The van der Waals surface area contributed by atoms with Gasteiger partial charge in [-0.15, -0.1) is 0 Å². The number of hydrogen-bond acceptors (Lipinski definition) is 3. The molecule has 5 nitrogen and oxygen atoms in total. The lowest BCUT2D eigenvalue weighted by molar-refractivity contribution is -0.135. The fraction of sp³-hybridized carbons (Fsp3) is 0.300. The molecule has 1 fully saturated rings. The number of allylic oxidation sites excluding steroid dienone is 2. The summed E-state index contributed by atoms with van der Waals surface area (Å²) in [4.78, 5) is 28.6. The van der Waals surface area contributed by atoms with Crippen LogP contribution >= 0.6 is 0 Å². The number of fused-ring (bicyclic) bond motifs is 3. The molecule has 0 aromatic carbocycles. The highest BCUT2D eigenvalue weighted by atomic mass is 16.2. The Kier molecular flexibility index (Phi) is 1.56. The highest BCUT2D eigenvalue weighted by Gasteiger charge is 2.40. The summed E-state index contributed by atoms with van der Waals surface area (Å²) < 4.78 is 0. The molecule has 2 aliphatic heterocycles. The molecule has 0 saturated carbocycles. The smallest absolute Gasteiger partial charge is 0.239 e. The Morgan fingerprint density at radius 1 is 1.47 bits per heavy atom. The zero-order valence-corrected chi connectivity index (χ0v) is 7.93. The van der Waals surface area contributed by atoms with Crippen molar-refractivity contribution >= 4 is 17.8 Å². The van der Waals surface area contributed by atoms with E-state index in [1.807, 2.05) is 18.2 Å². The fourth-order valence-electron chi connectivity index (χ4n) is 2.05. The third-order valence-electron chi connectivity index (χ3n) is 2.71. The highest BCUT2D eigenvalue weighted by Crippen LogP contribution is 2.28. The number of amides is 2. The molecule has 3 aliphatic rings. The Balaban J connectivity index is 2.02. The van der Waals surface area contributed by atoms with Gasteiger partial charge in [-0.25, -0.2) is 4.99 Å². The van der Waals surface area contributed by atoms with Crippen LogP contribution in [0.5, 0.6) is 0 Å². The van der Waals surface area contributed by atoms with Crippen LogP contribution in [0.2, 0.25) is 0 Å². The average Bonchev–Trinajstić information content (AvgIpc) is 2.54. The number of hydrogen-bond donors (Lipinski definition) is 1. The van der Waals surface area contributed by atoms with Gasteiger partial charge >= 0.3 is 0 Å². The topological polar surface area (TPSA) is 61.8 Å². The van der Waals surface area contributed by atoms with Gasteiger partial charge in [0, 0.05) is 0 Å². The molecule has 76 valence electrons. The first-order valence-corrected chi connectivity index (χ1v) is 4.83. The normalized spacial score (nSPS) is 28.0. The van der Waals surface area contributed by atoms with Gasteiger partial charge in [-0.2, -0.15) is 0 Å². The number of carbonyl (C=O) groups excluding carboxylic acids is 2. The maximum absolute atomic E-state index is 11.7. The maximum atomic E-state index is 11.7. The van der Waals surface area contributed by atoms with Gasteiger partial charge < -0.3 is 0 Å². The molecule has 1 unspecified atom stereocenters. The molecule has 0 aromatic rings. The predicted molar refractivity (Wildman–Crippen MR) is 52.7 cm³/mol. The highest BCUT2D eigenvalue weighted by molar-refractivity contribution is 6.17. The Labute approximate surface area is 86.2 Å². The van der Waals surface area contributed by atoms with Crippen molar-refractivity contribution in [3.63, 3.8) is 0 Å². The molecule has 0 spiro atoms. The van der Waals surface area contributed by atoms with E-state index in [2.05, 4.69) is 10.3 Å². The number of aliphatic imine (C=N–C) groups is 1. The van der Waals surface area contributed by atoms with Crippen LogP contribution in [-0.2, 0) is 9.59 Å². The number of carbonyl (C=O) groups is 2. The third kappa shape index (κ3) is 1.12. The number of nitrogens with zero attached hydrogens (tertiary/aromatic N) is 2. The van der Waals surface area contributed by atoms with Crippen LogP contribution in [0.25, 0.3) is 0 Å². The molecule has 0 aromatic heterocycles. The van der Waals surface area contributed by atoms with Crippen LogP contribution in [-0.4, -0.2) is 28.7 Å². The Hall–Kier alpha value is -1.91. The van der Waals surface area contributed by atoms with Gasteiger partial charge in [0.25, 0.3) is 0 Å². The predicted octanol–water partition coefficient (Wildman–Crippen LogP) is -0.0831. The summed E-state index contributed by atoms with van der Waals surface area (Å²) in [5.74, 6) is -0.0559. The second-order valence-electron chi connectivity index (χ2n) is 3.70. The molecule has 0 bridgehead atoms. The van der Waals surface area contributed by atoms with E-state index in [1.165, 1.54) is 0 Å². The van der Waals surface area contributed by atoms with Crippen molar-refractivity contribution in [3.8, 4) is 0 Å². The zero-order valence-electron chi connectivity index (χ0n) is 7.93. The number of guanidine groups is 1. The Morgan fingerprint density at radius 3 is 3.20 bits per heavy atom. The zero-order chi connectivity index (χ0) is 10.4. The van der Waals surface area contributed by atoms with E-state index in [0.29, 0.717) is 5.96 Å². The molecule has 0 radical (unpaired) electrons. The molecule has 15 heavy (non-hydrogen) atoms. The summed E-state index contributed by atoms with van der Waals surface area (Å²) in [5.41, 5.74) is 0.850. The van der Waals surface area contributed by atoms with Crippen molar-refractivity contribution in [2.45, 2.75) is 18.9 Å². The van der Waals surface area contributed by atoms with E-state index in [4.69, 9.17) is 0 Å². The monoisotopic (exact) mass is 203 g/mol. The van der Waals surface area contributed by atoms with Crippen molar-refractivity contribution in [3.05, 3.63) is 23.9 Å². The summed E-state index contributed by atoms with van der Waals surface area (Å²) in [5, 5.41) is 2.61. The lowest BCUT2D eigenvalue weighted by Crippen LogP contribution is -2.54. The molecule has 1 atom stereocenters. The molecule has 1 aliphatic carbocycles. The van der Waals surface area contributed by atoms with Gasteiger partial charge in [-0.05, 0) is 12.5 Å². The summed E-state index contributed by atoms with van der Waals surface area (Å²) in [6.45, 7) is 0. The van der Waals surface area contributed by atoms with Crippen LogP contribution in [0, 0.1) is 0 Å². The molecular formula is C10H9N3O2. The van der Waals surface area contributed by atoms with Crippen molar-refractivity contribution in [1.29, 1.82) is 0 Å². The Morgan fingerprint density at radius 2 is 2.33 bits per heavy atom. The van der Waals surface area contributed by atoms with Crippen molar-refractivity contribution in [1.82, 2.24) is 10.2 Å². The molecule has 2 amide bonds. The number of rotatable bonds is 0. The van der Waals surface area contributed by atoms with E-state index < -0.39 is 0 Å². The minimum Gasteiger partial charge on any atom is -0.295 e. The van der Waals surface area contributed by atoms with Crippen LogP contribution in [0.4, 0.5) is 0 Å². The summed E-state index contributed by atoms with van der Waals surface area (Å²) in [7, 11) is 0. The molecule has 2 heterocycles. The van der Waals surface area contributed by atoms with Gasteiger partial charge in [0.15, 0.2) is 0 Å². The molecule has 5 heteroatoms. The second-order valence-corrected chi connectivity index (χ2v) is 3.70. The second kappa shape index (κ2) is 2.79. The van der Waals surface area contributed by atoms with Gasteiger partial charge in [0.2, 0.25) is 17.8 Å². The Bertz CT molecular complexity index is 448. The first kappa shape index (κ1) is 8.40. The van der Waals surface area contributed by atoms with E-state index in [9.17, 15) is 9.59 Å². The van der Waals surface area contributed by atoms with Crippen LogP contribution in [0.15, 0.2) is 28.9 Å². The lowest BCUT2D eigenvalue weighted by atomic mass is 10.0. The first-order chi connectivity index (χ1) is 7.25. The van der Waals surface area contributed by atoms with Crippen molar-refractivity contribution in [2.75, 3.05) is 0 Å². The maximum Gasteiger partial charge on any atom is 0.239 e. The quantitative estimate of drug-likeness (QED) is 0.559. The van der Waals surface area contributed by atoms with Gasteiger partial charge in [-0.1, -0.05) is 12.2 Å². The fourth-order valence-corrected chi connectivity index (χ4v) is 2.05. The minimum atomic E-state index is -0.276. The van der Waals surface area contributed by atoms with Crippen molar-refractivity contribution < 1.29 is 9.59 Å². The minimum absolute atomic E-state index is 0.0156. The number of nitrogens with one attached hydrogen (secondary N) is 1. The third-order valence-corrected chi connectivity index (χ3v) is 2.71. The van der Waals surface area contributed by atoms with Crippen LogP contribution in [0.1, 0.15) is 12.8 Å². The van der Waals surface area contributed by atoms with Crippen LogP contribution in [0.3, 0.4) is 0 Å². The van der Waals surface area contributed by atoms with E-state index in [1.54, 1.807) is 4.90 Å². The van der Waals surface area contributed by atoms with Gasteiger partial charge in [-0.3, -0.25) is 19.8 Å². The van der Waals surface area contributed by atoms with Gasteiger partial charge in [0.1, 0.15) is 6.42 Å². The first-order valence-electron chi connectivity index (χ1n) is 4.83. The van der Waals surface area contributed by atoms with E-state index in [0.717, 1.165) is 12.1 Å². The SMILES string of the molecule is O=C1CC(=O)N2C(=NC3=CC=CCC32)N1. The molecule has 3 rings (SSSR count). The molecule has 1 saturated heterocycles. The van der Waals surface area contributed by atoms with Crippen molar-refractivity contribution in [2.24, 2.45) is 4.99 Å². The summed E-state index contributed by atoms with van der Waals surface area (Å²) in [6.07, 6.45) is 6.48. The molecular weight excluding hydrogens is 194 g/mol. The lowest BCUT2D eigenvalue weighted by Gasteiger charge is -2.29. The van der Waals surface area contributed by atoms with E-state index in [-0.39, 0.29) is 24.3 Å². The van der Waals surface area contributed by atoms with Gasteiger partial charge in [0.05, 0.1) is 11.7 Å². The van der Waals surface area contributed by atoms with E-state index >= 15 is 0 Å². The largest absolute Gasteiger partial charge is 0.295 e. The molecule has 1 N–H and O–H groups in total. The van der Waals surface area contributed by atoms with Crippen LogP contribution < -0.4 is 5.32 Å². The summed E-state index contributed by atoms with van der Waals surface area (Å²) in [6, 6.07) is -0.0156. The average molecular weight is 203 g/mol.